The van der Waals surface area contributed by atoms with Crippen LogP contribution in [0.4, 0.5) is 0 Å². The van der Waals surface area contributed by atoms with Crippen LogP contribution in [0.1, 0.15) is 18.5 Å². The lowest BCUT2D eigenvalue weighted by Crippen LogP contribution is -2.40. The fraction of sp³-hybridized carbons (Fsp3) is 0.636. The maximum atomic E-state index is 4.24. The van der Waals surface area contributed by atoms with Crippen molar-refractivity contribution in [1.82, 2.24) is 20.2 Å². The molecule has 82 valence electrons. The summed E-state index contributed by atoms with van der Waals surface area (Å²) in [5, 5.41) is 3.53. The van der Waals surface area contributed by atoms with Crippen molar-refractivity contribution in [2.75, 3.05) is 20.1 Å². The normalized spacial score (nSPS) is 19.3. The van der Waals surface area contributed by atoms with E-state index in [2.05, 4.69) is 27.2 Å². The highest BCUT2D eigenvalue weighted by Gasteiger charge is 2.15. The molecule has 0 saturated carbocycles. The predicted molar refractivity (Wildman–Crippen MR) is 59.4 cm³/mol. The van der Waals surface area contributed by atoms with Crippen molar-refractivity contribution in [2.45, 2.75) is 25.4 Å². The van der Waals surface area contributed by atoms with E-state index in [0.717, 1.165) is 12.2 Å². The van der Waals surface area contributed by atoms with Gasteiger partial charge in [0.05, 0.1) is 5.69 Å². The molecule has 15 heavy (non-hydrogen) atoms. The highest BCUT2D eigenvalue weighted by Crippen LogP contribution is 2.08. The summed E-state index contributed by atoms with van der Waals surface area (Å²) in [6, 6.07) is 0.642. The quantitative estimate of drug-likeness (QED) is 0.789. The van der Waals surface area contributed by atoms with Crippen LogP contribution in [-0.2, 0) is 6.54 Å². The van der Waals surface area contributed by atoms with Gasteiger partial charge in [0.1, 0.15) is 0 Å². The highest BCUT2D eigenvalue weighted by molar-refractivity contribution is 4.94. The van der Waals surface area contributed by atoms with Gasteiger partial charge in [0.2, 0.25) is 0 Å². The van der Waals surface area contributed by atoms with Crippen LogP contribution in [0, 0.1) is 0 Å². The molecule has 1 aliphatic rings. The summed E-state index contributed by atoms with van der Waals surface area (Å²) in [6.07, 6.45) is 7.74. The van der Waals surface area contributed by atoms with Crippen LogP contribution in [0.15, 0.2) is 18.6 Å². The Morgan fingerprint density at radius 2 is 2.20 bits per heavy atom. The van der Waals surface area contributed by atoms with Gasteiger partial charge >= 0.3 is 0 Å². The Hall–Kier alpha value is -1.00. The van der Waals surface area contributed by atoms with E-state index in [1.54, 1.807) is 12.4 Å². The molecule has 4 nitrogen and oxygen atoms in total. The first-order chi connectivity index (χ1) is 7.34. The van der Waals surface area contributed by atoms with E-state index in [9.17, 15) is 0 Å². The van der Waals surface area contributed by atoms with E-state index in [4.69, 9.17) is 0 Å². The molecule has 0 atom stereocenters. The minimum absolute atomic E-state index is 0.642. The Morgan fingerprint density at radius 3 is 2.87 bits per heavy atom. The van der Waals surface area contributed by atoms with E-state index in [-0.39, 0.29) is 0 Å². The van der Waals surface area contributed by atoms with Crippen molar-refractivity contribution in [2.24, 2.45) is 0 Å². The Labute approximate surface area is 90.7 Å². The summed E-state index contributed by atoms with van der Waals surface area (Å²) in [7, 11) is 2.18. The molecule has 0 radical (unpaired) electrons. The Kier molecular flexibility index (Phi) is 3.64. The summed E-state index contributed by atoms with van der Waals surface area (Å²) in [5.74, 6) is 0. The number of hydrogen-bond donors (Lipinski definition) is 1. The molecule has 1 aromatic heterocycles. The van der Waals surface area contributed by atoms with Crippen LogP contribution in [0.5, 0.6) is 0 Å². The van der Waals surface area contributed by atoms with Crippen LogP contribution >= 0.6 is 0 Å². The van der Waals surface area contributed by atoms with Crippen LogP contribution < -0.4 is 5.32 Å². The zero-order valence-electron chi connectivity index (χ0n) is 9.19. The third-order valence-corrected chi connectivity index (χ3v) is 2.91. The van der Waals surface area contributed by atoms with E-state index >= 15 is 0 Å². The van der Waals surface area contributed by atoms with Gasteiger partial charge in [0.15, 0.2) is 0 Å². The standard InChI is InChI=1S/C11H18N4/c1-15-6-2-10(3-7-15)14-9-11-8-12-4-5-13-11/h4-5,8,10,14H,2-3,6-7,9H2,1H3. The lowest BCUT2D eigenvalue weighted by Gasteiger charge is -2.29. The second-order valence-corrected chi connectivity index (χ2v) is 4.16. The highest BCUT2D eigenvalue weighted by atomic mass is 15.1. The molecule has 1 fully saturated rings. The molecule has 0 amide bonds. The minimum atomic E-state index is 0.642. The number of aromatic nitrogens is 2. The zero-order chi connectivity index (χ0) is 10.5. The molecule has 4 heteroatoms. The Balaban J connectivity index is 1.74. The Morgan fingerprint density at radius 1 is 1.40 bits per heavy atom. The lowest BCUT2D eigenvalue weighted by atomic mass is 10.1. The number of nitrogens with one attached hydrogen (secondary N) is 1. The average molecular weight is 206 g/mol. The first-order valence-electron chi connectivity index (χ1n) is 5.51. The fourth-order valence-electron chi connectivity index (χ4n) is 1.88. The maximum absolute atomic E-state index is 4.24. The summed E-state index contributed by atoms with van der Waals surface area (Å²) in [4.78, 5) is 10.7. The third kappa shape index (κ3) is 3.25. The molecular weight excluding hydrogens is 188 g/mol. The second kappa shape index (κ2) is 5.19. The van der Waals surface area contributed by atoms with Crippen LogP contribution in [0.2, 0.25) is 0 Å². The van der Waals surface area contributed by atoms with Crippen molar-refractivity contribution < 1.29 is 0 Å². The van der Waals surface area contributed by atoms with Crippen LogP contribution in [0.3, 0.4) is 0 Å². The van der Waals surface area contributed by atoms with Crippen molar-refractivity contribution in [3.8, 4) is 0 Å². The smallest absolute Gasteiger partial charge is 0.0724 e. The third-order valence-electron chi connectivity index (χ3n) is 2.91. The molecule has 0 aliphatic carbocycles. The van der Waals surface area contributed by atoms with Crippen molar-refractivity contribution in [3.05, 3.63) is 24.3 Å². The van der Waals surface area contributed by atoms with Gasteiger partial charge in [-0.25, -0.2) is 0 Å². The SMILES string of the molecule is CN1CCC(NCc2cnccn2)CC1. The number of hydrogen-bond acceptors (Lipinski definition) is 4. The van der Waals surface area contributed by atoms with Gasteiger partial charge in [-0.1, -0.05) is 0 Å². The number of nitrogens with zero attached hydrogens (tertiary/aromatic N) is 3. The predicted octanol–water partition coefficient (Wildman–Crippen LogP) is 0.660. The molecule has 1 aliphatic heterocycles. The van der Waals surface area contributed by atoms with Crippen LogP contribution in [-0.4, -0.2) is 41.0 Å². The molecule has 2 heterocycles. The van der Waals surface area contributed by atoms with Crippen molar-refractivity contribution >= 4 is 0 Å². The second-order valence-electron chi connectivity index (χ2n) is 4.16. The Bertz CT molecular complexity index is 280. The van der Waals surface area contributed by atoms with Crippen molar-refractivity contribution in [3.63, 3.8) is 0 Å². The number of likely N-dealkylation sites (tertiary alicyclic amines) is 1. The first-order valence-corrected chi connectivity index (χ1v) is 5.51. The molecule has 1 saturated heterocycles. The summed E-state index contributed by atoms with van der Waals surface area (Å²) >= 11 is 0. The zero-order valence-corrected chi connectivity index (χ0v) is 9.19. The van der Waals surface area contributed by atoms with Gasteiger partial charge in [-0.2, -0.15) is 0 Å². The van der Waals surface area contributed by atoms with Gasteiger partial charge in [0, 0.05) is 31.2 Å². The van der Waals surface area contributed by atoms with Gasteiger partial charge in [-0.05, 0) is 33.0 Å². The first kappa shape index (κ1) is 10.5. The number of rotatable bonds is 3. The van der Waals surface area contributed by atoms with Gasteiger partial charge in [-0.3, -0.25) is 9.97 Å². The molecule has 2 rings (SSSR count). The van der Waals surface area contributed by atoms with Gasteiger partial charge < -0.3 is 10.2 Å². The minimum Gasteiger partial charge on any atom is -0.308 e. The molecule has 1 aromatic rings. The lowest BCUT2D eigenvalue weighted by molar-refractivity contribution is 0.233. The molecule has 0 aromatic carbocycles. The fourth-order valence-corrected chi connectivity index (χ4v) is 1.88. The molecular formula is C11H18N4. The monoisotopic (exact) mass is 206 g/mol. The van der Waals surface area contributed by atoms with Gasteiger partial charge in [-0.15, -0.1) is 0 Å². The van der Waals surface area contributed by atoms with Gasteiger partial charge in [0.25, 0.3) is 0 Å². The maximum Gasteiger partial charge on any atom is 0.0724 e. The van der Waals surface area contributed by atoms with Crippen LogP contribution in [0.25, 0.3) is 0 Å². The van der Waals surface area contributed by atoms with E-state index in [1.807, 2.05) is 6.20 Å². The van der Waals surface area contributed by atoms with E-state index < -0.39 is 0 Å². The van der Waals surface area contributed by atoms with Crippen molar-refractivity contribution in [1.29, 1.82) is 0 Å². The van der Waals surface area contributed by atoms with E-state index in [1.165, 1.54) is 25.9 Å². The number of piperidine rings is 1. The van der Waals surface area contributed by atoms with E-state index in [0.29, 0.717) is 6.04 Å². The average Bonchev–Trinajstić information content (AvgIpc) is 2.30. The summed E-state index contributed by atoms with van der Waals surface area (Å²) < 4.78 is 0. The molecule has 0 spiro atoms. The summed E-state index contributed by atoms with van der Waals surface area (Å²) in [6.45, 7) is 3.22. The largest absolute Gasteiger partial charge is 0.308 e. The molecule has 0 unspecified atom stereocenters. The topological polar surface area (TPSA) is 41.0 Å². The molecule has 1 N–H and O–H groups in total. The molecule has 0 bridgehead atoms. The summed E-state index contributed by atoms with van der Waals surface area (Å²) in [5.41, 5.74) is 1.02.